The van der Waals surface area contributed by atoms with Crippen molar-refractivity contribution in [3.8, 4) is 11.5 Å². The van der Waals surface area contributed by atoms with Crippen LogP contribution in [0.4, 0.5) is 0 Å². The lowest BCUT2D eigenvalue weighted by atomic mass is 10.0. The molecule has 0 N–H and O–H groups in total. The molecule has 3 aromatic rings. The number of ether oxygens (including phenoxy) is 2. The SMILES string of the molecule is COc1ccc(/C=C/C(=O)/C(C(=O)/C=C/c2ccc(OCN=[N+]=[N-])cc2)=C(\C=C\c2ccccc2)N=O)cc1. The first kappa shape index (κ1) is 28.0. The van der Waals surface area contributed by atoms with E-state index in [1.54, 1.807) is 61.7 Å². The fourth-order valence-corrected chi connectivity index (χ4v) is 3.30. The third kappa shape index (κ3) is 8.82. The van der Waals surface area contributed by atoms with E-state index in [1.165, 1.54) is 30.4 Å². The highest BCUT2D eigenvalue weighted by Gasteiger charge is 2.19. The van der Waals surface area contributed by atoms with Gasteiger partial charge in [-0.05, 0) is 69.9 Å². The van der Waals surface area contributed by atoms with E-state index in [1.807, 2.05) is 30.3 Å². The Morgan fingerprint density at radius 2 is 1.28 bits per heavy atom. The molecule has 0 unspecified atom stereocenters. The maximum Gasteiger partial charge on any atom is 0.192 e. The van der Waals surface area contributed by atoms with E-state index in [-0.39, 0.29) is 18.0 Å². The monoisotopic (exact) mass is 520 g/mol. The molecule has 0 aliphatic heterocycles. The highest BCUT2D eigenvalue weighted by molar-refractivity contribution is 6.29. The minimum absolute atomic E-state index is 0.150. The van der Waals surface area contributed by atoms with E-state index in [0.29, 0.717) is 22.6 Å². The average molecular weight is 521 g/mol. The van der Waals surface area contributed by atoms with Crippen LogP contribution in [0.2, 0.25) is 0 Å². The van der Waals surface area contributed by atoms with Crippen molar-refractivity contribution in [2.75, 3.05) is 13.8 Å². The van der Waals surface area contributed by atoms with Crippen molar-refractivity contribution in [1.29, 1.82) is 0 Å². The zero-order valence-electron chi connectivity index (χ0n) is 21.0. The molecule has 3 rings (SSSR count). The number of azide groups is 1. The van der Waals surface area contributed by atoms with E-state index in [0.717, 1.165) is 5.56 Å². The van der Waals surface area contributed by atoms with Crippen LogP contribution in [0.3, 0.4) is 0 Å². The number of ketones is 2. The van der Waals surface area contributed by atoms with Gasteiger partial charge in [0, 0.05) is 4.91 Å². The van der Waals surface area contributed by atoms with E-state index in [9.17, 15) is 14.5 Å². The third-order valence-electron chi connectivity index (χ3n) is 5.28. The van der Waals surface area contributed by atoms with Gasteiger partial charge in [0.25, 0.3) is 0 Å². The van der Waals surface area contributed by atoms with Crippen molar-refractivity contribution in [1.82, 2.24) is 0 Å². The van der Waals surface area contributed by atoms with Crippen LogP contribution < -0.4 is 9.47 Å². The predicted octanol–water partition coefficient (Wildman–Crippen LogP) is 6.94. The Labute approximate surface area is 225 Å². The number of rotatable bonds is 13. The van der Waals surface area contributed by atoms with Gasteiger partial charge in [0.2, 0.25) is 0 Å². The van der Waals surface area contributed by atoms with Gasteiger partial charge in [-0.2, -0.15) is 0 Å². The van der Waals surface area contributed by atoms with Crippen LogP contribution in [-0.2, 0) is 9.59 Å². The Hall–Kier alpha value is -5.53. The summed E-state index contributed by atoms with van der Waals surface area (Å²) in [5.41, 5.74) is 9.78. The Morgan fingerprint density at radius 3 is 1.79 bits per heavy atom. The molecule has 0 aliphatic rings. The molecule has 0 amide bonds. The molecule has 9 heteroatoms. The Balaban J connectivity index is 1.90. The van der Waals surface area contributed by atoms with E-state index in [2.05, 4.69) is 15.2 Å². The summed E-state index contributed by atoms with van der Waals surface area (Å²) in [6.07, 6.45) is 8.41. The van der Waals surface area contributed by atoms with Crippen LogP contribution in [0.1, 0.15) is 16.7 Å². The first-order valence-electron chi connectivity index (χ1n) is 11.7. The molecular weight excluding hydrogens is 496 g/mol. The third-order valence-corrected chi connectivity index (χ3v) is 5.28. The lowest BCUT2D eigenvalue weighted by molar-refractivity contribution is -0.116. The molecule has 0 radical (unpaired) electrons. The first-order chi connectivity index (χ1) is 19.0. The van der Waals surface area contributed by atoms with Crippen LogP contribution >= 0.6 is 0 Å². The number of hydrogen-bond acceptors (Lipinski definition) is 7. The Morgan fingerprint density at radius 1 is 0.769 bits per heavy atom. The minimum atomic E-state index is -0.685. The Kier molecular flexibility index (Phi) is 10.7. The van der Waals surface area contributed by atoms with Gasteiger partial charge >= 0.3 is 0 Å². The second-order valence-electron chi connectivity index (χ2n) is 7.84. The lowest BCUT2D eigenvalue weighted by Gasteiger charge is -2.04. The van der Waals surface area contributed by atoms with E-state index < -0.39 is 11.6 Å². The van der Waals surface area contributed by atoms with Gasteiger partial charge in [0.05, 0.1) is 12.7 Å². The predicted molar refractivity (Wildman–Crippen MR) is 150 cm³/mol. The molecule has 0 saturated carbocycles. The number of benzene rings is 3. The van der Waals surface area contributed by atoms with Crippen LogP contribution in [0.15, 0.2) is 119 Å². The molecule has 3 aromatic carbocycles. The summed E-state index contributed by atoms with van der Waals surface area (Å²) in [5, 5.41) is 6.29. The molecule has 0 bridgehead atoms. The van der Waals surface area contributed by atoms with Crippen molar-refractivity contribution >= 4 is 29.8 Å². The summed E-state index contributed by atoms with van der Waals surface area (Å²) in [5.74, 6) is -0.220. The smallest absolute Gasteiger partial charge is 0.192 e. The zero-order valence-corrected chi connectivity index (χ0v) is 21.0. The van der Waals surface area contributed by atoms with E-state index >= 15 is 0 Å². The normalized spacial score (nSPS) is 11.7. The van der Waals surface area contributed by atoms with Gasteiger partial charge in [-0.1, -0.05) is 77.9 Å². The molecule has 194 valence electrons. The number of hydrogen-bond donors (Lipinski definition) is 0. The fraction of sp³-hybridized carbons (Fsp3) is 0.0667. The summed E-state index contributed by atoms with van der Waals surface area (Å²) >= 11 is 0. The van der Waals surface area contributed by atoms with Crippen molar-refractivity contribution < 1.29 is 19.1 Å². The van der Waals surface area contributed by atoms with Crippen molar-refractivity contribution in [2.24, 2.45) is 10.3 Å². The number of carbonyl (C=O) groups is 2. The molecule has 9 nitrogen and oxygen atoms in total. The quantitative estimate of drug-likeness (QED) is 0.0352. The van der Waals surface area contributed by atoms with Gasteiger partial charge in [-0.3, -0.25) is 9.59 Å². The molecular formula is C30H24N4O5. The summed E-state index contributed by atoms with van der Waals surface area (Å²) in [7, 11) is 1.55. The molecule has 0 fully saturated rings. The van der Waals surface area contributed by atoms with Crippen LogP contribution in [0, 0.1) is 4.91 Å². The lowest BCUT2D eigenvalue weighted by Crippen LogP contribution is -2.11. The summed E-state index contributed by atoms with van der Waals surface area (Å²) in [6, 6.07) is 22.7. The number of nitroso groups, excluding NO2 is 1. The number of carbonyl (C=O) groups excluding carboxylic acids is 2. The second kappa shape index (κ2) is 14.9. The highest BCUT2D eigenvalue weighted by Crippen LogP contribution is 2.18. The largest absolute Gasteiger partial charge is 0.497 e. The van der Waals surface area contributed by atoms with E-state index in [4.69, 9.17) is 15.0 Å². The van der Waals surface area contributed by atoms with Crippen molar-refractivity contribution in [2.45, 2.75) is 0 Å². The number of allylic oxidation sites excluding steroid dienone is 4. The molecule has 0 aliphatic carbocycles. The van der Waals surface area contributed by atoms with Crippen molar-refractivity contribution in [3.63, 3.8) is 0 Å². The standard InChI is InChI=1S/C30H24N4O5/c1-38-25-14-7-23(8-15-25)12-19-28(35)30(27(33-37)18-11-22-5-3-2-4-6-22)29(36)20-13-24-9-16-26(17-10-24)39-21-32-34-31/h2-20H,21H2,1H3/b18-11+,19-12+,20-13+,30-27-. The summed E-state index contributed by atoms with van der Waals surface area (Å²) in [6.45, 7) is -0.150. The van der Waals surface area contributed by atoms with Gasteiger partial charge in [0.1, 0.15) is 17.2 Å². The average Bonchev–Trinajstić information content (AvgIpc) is 2.98. The summed E-state index contributed by atoms with van der Waals surface area (Å²) < 4.78 is 10.4. The molecule has 0 spiro atoms. The first-order valence-corrected chi connectivity index (χ1v) is 11.7. The van der Waals surface area contributed by atoms with Gasteiger partial charge in [-0.15, -0.1) is 4.91 Å². The van der Waals surface area contributed by atoms with Gasteiger partial charge in [-0.25, -0.2) is 0 Å². The van der Waals surface area contributed by atoms with Crippen molar-refractivity contribution in [3.05, 3.63) is 140 Å². The molecule has 0 atom stereocenters. The van der Waals surface area contributed by atoms with Gasteiger partial charge in [0.15, 0.2) is 18.3 Å². The molecule has 39 heavy (non-hydrogen) atoms. The number of methoxy groups -OCH3 is 1. The Bertz CT molecular complexity index is 1470. The topological polar surface area (TPSA) is 131 Å². The van der Waals surface area contributed by atoms with Crippen LogP contribution in [0.25, 0.3) is 28.7 Å². The maximum absolute atomic E-state index is 13.2. The van der Waals surface area contributed by atoms with Crippen LogP contribution in [-0.4, -0.2) is 25.4 Å². The minimum Gasteiger partial charge on any atom is -0.497 e. The molecule has 0 aromatic heterocycles. The van der Waals surface area contributed by atoms with Crippen LogP contribution in [0.5, 0.6) is 11.5 Å². The highest BCUT2D eigenvalue weighted by atomic mass is 16.5. The number of nitrogens with zero attached hydrogens (tertiary/aromatic N) is 4. The fourth-order valence-electron chi connectivity index (χ4n) is 3.30. The summed E-state index contributed by atoms with van der Waals surface area (Å²) in [4.78, 5) is 40.7. The second-order valence-corrected chi connectivity index (χ2v) is 7.84. The zero-order chi connectivity index (χ0) is 27.9. The molecule has 0 heterocycles. The van der Waals surface area contributed by atoms with Gasteiger partial charge < -0.3 is 9.47 Å². The maximum atomic E-state index is 13.2. The molecule has 0 saturated heterocycles.